The Balaban J connectivity index is 2.53. The van der Waals surface area contributed by atoms with E-state index in [2.05, 4.69) is 6.30 Å². The van der Waals surface area contributed by atoms with Crippen LogP contribution in [0.4, 0.5) is 0 Å². The molecule has 88 valence electrons. The number of hydrogen-bond donors (Lipinski definition) is 1. The van der Waals surface area contributed by atoms with Gasteiger partial charge in [-0.3, -0.25) is 0 Å². The molecule has 2 aromatic rings. The highest BCUT2D eigenvalue weighted by molar-refractivity contribution is 7.82. The predicted octanol–water partition coefficient (Wildman–Crippen LogP) is 3.30. The molecule has 0 aromatic heterocycles. The van der Waals surface area contributed by atoms with Gasteiger partial charge in [-0.2, -0.15) is 0 Å². The molecule has 0 fully saturated rings. The van der Waals surface area contributed by atoms with Crippen molar-refractivity contribution in [3.05, 3.63) is 58.6 Å². The van der Waals surface area contributed by atoms with Gasteiger partial charge in [0.2, 0.25) is 0 Å². The zero-order valence-corrected chi connectivity index (χ0v) is 11.4. The normalized spacial score (nSPS) is 11.5. The molecule has 0 amide bonds. The quantitative estimate of drug-likeness (QED) is 0.839. The van der Waals surface area contributed by atoms with Gasteiger partial charge in [0.25, 0.3) is 0 Å². The average molecular weight is 285 g/mol. The first-order valence-electron chi connectivity index (χ1n) is 4.98. The minimum Gasteiger partial charge on any atom is -0.368 e. The Kier molecular flexibility index (Phi) is 3.65. The third-order valence-electron chi connectivity index (χ3n) is 2.47. The zero-order valence-electron chi connectivity index (χ0n) is 8.98. The first-order chi connectivity index (χ1) is 8.00. The van der Waals surface area contributed by atoms with Gasteiger partial charge in [-0.15, -0.1) is 0 Å². The Labute approximate surface area is 111 Å². The molecule has 0 aliphatic rings. The molecule has 0 radical (unpaired) electrons. The highest BCUT2D eigenvalue weighted by Crippen LogP contribution is 2.38. The summed E-state index contributed by atoms with van der Waals surface area (Å²) in [6, 6.07) is 14.3. The van der Waals surface area contributed by atoms with Crippen molar-refractivity contribution in [2.45, 2.75) is 0 Å². The summed E-state index contributed by atoms with van der Waals surface area (Å²) in [5.41, 5.74) is 0. The molecule has 4 heteroatoms. The van der Waals surface area contributed by atoms with Crippen LogP contribution in [-0.2, 0) is 0 Å². The van der Waals surface area contributed by atoms with Crippen molar-refractivity contribution in [1.29, 1.82) is 0 Å². The van der Waals surface area contributed by atoms with E-state index in [1.165, 1.54) is 0 Å². The summed E-state index contributed by atoms with van der Waals surface area (Å²) in [5.74, 6) is 0. The molecule has 0 bridgehead atoms. The number of rotatable bonds is 2. The monoisotopic (exact) mass is 284 g/mol. The highest BCUT2D eigenvalue weighted by atomic mass is 35.5. The Morgan fingerprint density at radius 1 is 0.882 bits per heavy atom. The third kappa shape index (κ3) is 2.75. The van der Waals surface area contributed by atoms with E-state index >= 15 is 0 Å². The van der Waals surface area contributed by atoms with Crippen LogP contribution in [0.2, 0.25) is 10.0 Å². The van der Waals surface area contributed by atoms with Crippen molar-refractivity contribution in [3.63, 3.8) is 0 Å². The van der Waals surface area contributed by atoms with Crippen molar-refractivity contribution in [1.82, 2.24) is 0 Å². The van der Waals surface area contributed by atoms with Crippen molar-refractivity contribution < 1.29 is 4.89 Å². The van der Waals surface area contributed by atoms with Crippen molar-refractivity contribution >= 4 is 47.2 Å². The Morgan fingerprint density at radius 2 is 1.29 bits per heavy atom. The first-order valence-corrected chi connectivity index (χ1v) is 7.67. The molecule has 0 unspecified atom stereocenters. The van der Waals surface area contributed by atoms with Gasteiger partial charge in [0.05, 0.1) is 7.11 Å². The molecule has 2 rings (SSSR count). The highest BCUT2D eigenvalue weighted by Gasteiger charge is 2.16. The molecule has 0 aliphatic carbocycles. The topological polar surface area (TPSA) is 20.2 Å². The fourth-order valence-electron chi connectivity index (χ4n) is 1.56. The summed E-state index contributed by atoms with van der Waals surface area (Å²) in [5, 5.41) is 2.66. The molecule has 0 spiro atoms. The van der Waals surface area contributed by atoms with Crippen LogP contribution in [-0.4, -0.2) is 11.2 Å². The number of benzene rings is 2. The van der Waals surface area contributed by atoms with Crippen LogP contribution in [0.3, 0.4) is 0 Å². The lowest BCUT2D eigenvalue weighted by Gasteiger charge is -2.19. The molecule has 0 heterocycles. The molecule has 0 aliphatic heterocycles. The molecular formula is C13H11Cl2OP. The van der Waals surface area contributed by atoms with Crippen LogP contribution < -0.4 is 10.6 Å². The van der Waals surface area contributed by atoms with E-state index in [1.807, 2.05) is 12.1 Å². The fourth-order valence-corrected chi connectivity index (χ4v) is 3.76. The second-order valence-electron chi connectivity index (χ2n) is 3.73. The molecular weight excluding hydrogens is 274 g/mol. The summed E-state index contributed by atoms with van der Waals surface area (Å²) in [6.45, 7) is 0. The van der Waals surface area contributed by atoms with E-state index in [1.54, 1.807) is 36.4 Å². The second kappa shape index (κ2) is 4.88. The summed E-state index contributed by atoms with van der Waals surface area (Å²) in [7, 11) is -2.62. The summed E-state index contributed by atoms with van der Waals surface area (Å²) in [6.07, 6.45) is 3.94. The molecule has 1 N–H and O–H groups in total. The Hall–Kier alpha value is -0.720. The number of halogens is 2. The maximum Gasteiger partial charge on any atom is 0.0530 e. The van der Waals surface area contributed by atoms with E-state index in [4.69, 9.17) is 23.2 Å². The maximum absolute atomic E-state index is 10.6. The van der Waals surface area contributed by atoms with Crippen molar-refractivity contribution in [3.8, 4) is 0 Å². The summed E-state index contributed by atoms with van der Waals surface area (Å²) >= 11 is 11.8. The van der Waals surface area contributed by atoms with E-state index in [9.17, 15) is 4.89 Å². The van der Waals surface area contributed by atoms with Gasteiger partial charge >= 0.3 is 0 Å². The molecule has 0 atom stereocenters. The van der Waals surface area contributed by atoms with Gasteiger partial charge in [-0.25, -0.2) is 0 Å². The van der Waals surface area contributed by atoms with Gasteiger partial charge in [0, 0.05) is 20.7 Å². The Bertz CT molecular complexity index is 546. The van der Waals surface area contributed by atoms with Crippen LogP contribution in [0.15, 0.2) is 48.5 Å². The van der Waals surface area contributed by atoms with Crippen LogP contribution in [0.1, 0.15) is 0 Å². The lowest BCUT2D eigenvalue weighted by Crippen LogP contribution is -2.15. The largest absolute Gasteiger partial charge is 0.368 e. The van der Waals surface area contributed by atoms with Gasteiger partial charge in [0.15, 0.2) is 0 Å². The van der Waals surface area contributed by atoms with E-state index in [0.29, 0.717) is 10.0 Å². The second-order valence-corrected chi connectivity index (χ2v) is 7.17. The minimum absolute atomic E-state index is 0.589. The number of hydrogen-bond acceptors (Lipinski definition) is 1. The molecule has 17 heavy (non-hydrogen) atoms. The first kappa shape index (κ1) is 12.7. The lowest BCUT2D eigenvalue weighted by atomic mass is 10.4. The summed E-state index contributed by atoms with van der Waals surface area (Å²) in [4.78, 5) is 10.6. The molecule has 1 nitrogen and oxygen atoms in total. The molecule has 0 saturated carbocycles. The van der Waals surface area contributed by atoms with E-state index in [0.717, 1.165) is 10.6 Å². The SMILES string of the molecule is C=P(O)(c1cccc(Cl)c1)c1cccc(Cl)c1. The maximum atomic E-state index is 10.6. The fraction of sp³-hybridized carbons (Fsp3) is 0. The van der Waals surface area contributed by atoms with Crippen LogP contribution in [0.5, 0.6) is 0 Å². The van der Waals surface area contributed by atoms with Crippen LogP contribution >= 0.6 is 30.3 Å². The standard InChI is InChI=1S/C13H11Cl2OP/c1-17(16,12-6-2-4-10(14)8-12)13-7-3-5-11(15)9-13/h2-9,16H,1H2. The smallest absolute Gasteiger partial charge is 0.0530 e. The molecule has 2 aromatic carbocycles. The van der Waals surface area contributed by atoms with E-state index < -0.39 is 7.11 Å². The van der Waals surface area contributed by atoms with E-state index in [-0.39, 0.29) is 0 Å². The van der Waals surface area contributed by atoms with Crippen LogP contribution in [0.25, 0.3) is 0 Å². The molecule has 0 saturated heterocycles. The third-order valence-corrected chi connectivity index (χ3v) is 5.21. The summed E-state index contributed by atoms with van der Waals surface area (Å²) < 4.78 is 0. The van der Waals surface area contributed by atoms with Gasteiger partial charge in [-0.1, -0.05) is 53.8 Å². The van der Waals surface area contributed by atoms with Gasteiger partial charge < -0.3 is 4.89 Å². The van der Waals surface area contributed by atoms with Gasteiger partial charge in [0.1, 0.15) is 0 Å². The van der Waals surface area contributed by atoms with Gasteiger partial charge in [-0.05, 0) is 24.3 Å². The minimum atomic E-state index is -2.62. The average Bonchev–Trinajstić information content (AvgIpc) is 2.29. The Morgan fingerprint density at radius 3 is 1.65 bits per heavy atom. The zero-order chi connectivity index (χ0) is 12.5. The van der Waals surface area contributed by atoms with Crippen molar-refractivity contribution in [2.24, 2.45) is 0 Å². The predicted molar refractivity (Wildman–Crippen MR) is 78.4 cm³/mol. The van der Waals surface area contributed by atoms with Crippen molar-refractivity contribution in [2.75, 3.05) is 0 Å². The lowest BCUT2D eigenvalue weighted by molar-refractivity contribution is 0.641. The van der Waals surface area contributed by atoms with Crippen LogP contribution in [0, 0.1) is 0 Å².